The minimum atomic E-state index is -0.665. The summed E-state index contributed by atoms with van der Waals surface area (Å²) in [7, 11) is 0. The standard InChI is InChI=1S/C13H16ClN3O4/c1-8(2)12(18)15-5-6-16-13(19)10-4-3-9(14)7-11(10)17(20)21/h3-4,7-8H,5-6H2,1-2H3,(H,15,18)(H,16,19). The predicted octanol–water partition coefficient (Wildman–Crippen LogP) is 1.75. The molecular formula is C13H16ClN3O4. The molecule has 2 amide bonds. The molecule has 1 rings (SSSR count). The summed E-state index contributed by atoms with van der Waals surface area (Å²) in [5.41, 5.74) is -0.425. The third kappa shape index (κ3) is 5.03. The van der Waals surface area contributed by atoms with E-state index >= 15 is 0 Å². The molecule has 2 N–H and O–H groups in total. The highest BCUT2D eigenvalue weighted by molar-refractivity contribution is 6.31. The zero-order chi connectivity index (χ0) is 16.0. The van der Waals surface area contributed by atoms with Gasteiger partial charge < -0.3 is 10.6 Å². The second kappa shape index (κ2) is 7.58. The van der Waals surface area contributed by atoms with Crippen LogP contribution in [0.4, 0.5) is 5.69 Å². The summed E-state index contributed by atoms with van der Waals surface area (Å²) in [6.07, 6.45) is 0. The van der Waals surface area contributed by atoms with Crippen molar-refractivity contribution in [3.8, 4) is 0 Å². The number of carbonyl (C=O) groups excluding carboxylic acids is 2. The number of benzene rings is 1. The van der Waals surface area contributed by atoms with Crippen LogP contribution in [0.3, 0.4) is 0 Å². The van der Waals surface area contributed by atoms with E-state index in [1.807, 2.05) is 0 Å². The van der Waals surface area contributed by atoms with Gasteiger partial charge in [-0.1, -0.05) is 25.4 Å². The fourth-order valence-corrected chi connectivity index (χ4v) is 1.68. The average Bonchev–Trinajstić information content (AvgIpc) is 2.42. The van der Waals surface area contributed by atoms with Crippen molar-refractivity contribution in [2.75, 3.05) is 13.1 Å². The maximum absolute atomic E-state index is 11.9. The number of nitro groups is 1. The van der Waals surface area contributed by atoms with E-state index in [9.17, 15) is 19.7 Å². The van der Waals surface area contributed by atoms with E-state index in [0.717, 1.165) is 6.07 Å². The molecule has 0 aliphatic rings. The summed E-state index contributed by atoms with van der Waals surface area (Å²) in [4.78, 5) is 33.4. The first-order valence-electron chi connectivity index (χ1n) is 6.32. The van der Waals surface area contributed by atoms with Crippen molar-refractivity contribution in [1.82, 2.24) is 10.6 Å². The van der Waals surface area contributed by atoms with Gasteiger partial charge in [-0.2, -0.15) is 0 Å². The van der Waals surface area contributed by atoms with Gasteiger partial charge in [0.25, 0.3) is 11.6 Å². The molecule has 21 heavy (non-hydrogen) atoms. The van der Waals surface area contributed by atoms with Crippen LogP contribution < -0.4 is 10.6 Å². The largest absolute Gasteiger partial charge is 0.354 e. The summed E-state index contributed by atoms with van der Waals surface area (Å²) in [5, 5.41) is 16.2. The molecule has 0 aromatic heterocycles. The van der Waals surface area contributed by atoms with Crippen LogP contribution in [0.5, 0.6) is 0 Å². The number of amides is 2. The Morgan fingerprint density at radius 2 is 1.90 bits per heavy atom. The first-order chi connectivity index (χ1) is 9.82. The molecule has 0 aliphatic carbocycles. The molecule has 0 unspecified atom stereocenters. The first kappa shape index (κ1) is 16.9. The summed E-state index contributed by atoms with van der Waals surface area (Å²) in [6.45, 7) is 3.94. The smallest absolute Gasteiger partial charge is 0.283 e. The molecule has 0 fully saturated rings. The fraction of sp³-hybridized carbons (Fsp3) is 0.385. The second-order valence-electron chi connectivity index (χ2n) is 4.62. The Morgan fingerprint density at radius 1 is 1.29 bits per heavy atom. The van der Waals surface area contributed by atoms with Crippen LogP contribution in [-0.4, -0.2) is 29.8 Å². The minimum absolute atomic E-state index is 0.0698. The van der Waals surface area contributed by atoms with Crippen molar-refractivity contribution in [3.05, 3.63) is 38.9 Å². The Labute approximate surface area is 126 Å². The Balaban J connectivity index is 2.61. The van der Waals surface area contributed by atoms with E-state index in [1.54, 1.807) is 13.8 Å². The number of carbonyl (C=O) groups is 2. The number of nitrogens with zero attached hydrogens (tertiary/aromatic N) is 1. The molecule has 1 aromatic carbocycles. The molecule has 0 saturated carbocycles. The normalized spacial score (nSPS) is 10.3. The molecule has 0 bridgehead atoms. The van der Waals surface area contributed by atoms with Gasteiger partial charge in [0.15, 0.2) is 0 Å². The van der Waals surface area contributed by atoms with Gasteiger partial charge in [-0.05, 0) is 12.1 Å². The Bertz CT molecular complexity index is 560. The van der Waals surface area contributed by atoms with Gasteiger partial charge in [0.1, 0.15) is 5.56 Å². The molecule has 0 heterocycles. The number of nitro benzene ring substituents is 1. The lowest BCUT2D eigenvalue weighted by Crippen LogP contribution is -2.36. The number of nitrogens with one attached hydrogen (secondary N) is 2. The number of halogens is 1. The van der Waals surface area contributed by atoms with Crippen LogP contribution in [0.25, 0.3) is 0 Å². The summed E-state index contributed by atoms with van der Waals surface area (Å²) in [5.74, 6) is -0.850. The molecule has 7 nitrogen and oxygen atoms in total. The van der Waals surface area contributed by atoms with Gasteiger partial charge >= 0.3 is 0 Å². The van der Waals surface area contributed by atoms with E-state index in [1.165, 1.54) is 12.1 Å². The summed E-state index contributed by atoms with van der Waals surface area (Å²) >= 11 is 5.67. The van der Waals surface area contributed by atoms with Crippen LogP contribution in [0.2, 0.25) is 5.02 Å². The molecule has 0 aliphatic heterocycles. The molecule has 0 saturated heterocycles. The molecule has 0 atom stereocenters. The number of hydrogen-bond donors (Lipinski definition) is 2. The first-order valence-corrected chi connectivity index (χ1v) is 6.70. The maximum atomic E-state index is 11.9. The lowest BCUT2D eigenvalue weighted by molar-refractivity contribution is -0.385. The van der Waals surface area contributed by atoms with Gasteiger partial charge in [0.2, 0.25) is 5.91 Å². The van der Waals surface area contributed by atoms with Crippen molar-refractivity contribution in [2.24, 2.45) is 5.92 Å². The third-order valence-electron chi connectivity index (χ3n) is 2.64. The topological polar surface area (TPSA) is 101 Å². The van der Waals surface area contributed by atoms with Gasteiger partial charge in [0, 0.05) is 30.1 Å². The highest BCUT2D eigenvalue weighted by Gasteiger charge is 2.20. The van der Waals surface area contributed by atoms with Gasteiger partial charge in [-0.15, -0.1) is 0 Å². The second-order valence-corrected chi connectivity index (χ2v) is 5.06. The zero-order valence-electron chi connectivity index (χ0n) is 11.7. The monoisotopic (exact) mass is 313 g/mol. The Morgan fingerprint density at radius 3 is 2.48 bits per heavy atom. The third-order valence-corrected chi connectivity index (χ3v) is 2.87. The van der Waals surface area contributed by atoms with Gasteiger partial charge in [-0.3, -0.25) is 19.7 Å². The highest BCUT2D eigenvalue weighted by Crippen LogP contribution is 2.22. The Kier molecular flexibility index (Phi) is 6.10. The van der Waals surface area contributed by atoms with Gasteiger partial charge in [0.05, 0.1) is 4.92 Å². The SMILES string of the molecule is CC(C)C(=O)NCCNC(=O)c1ccc(Cl)cc1[N+](=O)[O-]. The minimum Gasteiger partial charge on any atom is -0.354 e. The van der Waals surface area contributed by atoms with Crippen molar-refractivity contribution in [1.29, 1.82) is 0 Å². The molecule has 1 aromatic rings. The number of hydrogen-bond acceptors (Lipinski definition) is 4. The Hall–Kier alpha value is -2.15. The van der Waals surface area contributed by atoms with E-state index < -0.39 is 10.8 Å². The predicted molar refractivity (Wildman–Crippen MR) is 78.3 cm³/mol. The summed E-state index contributed by atoms with van der Waals surface area (Å²) in [6, 6.07) is 3.82. The zero-order valence-corrected chi connectivity index (χ0v) is 12.4. The van der Waals surface area contributed by atoms with Crippen molar-refractivity contribution >= 4 is 29.1 Å². The highest BCUT2D eigenvalue weighted by atomic mass is 35.5. The van der Waals surface area contributed by atoms with E-state index in [4.69, 9.17) is 11.6 Å². The molecule has 0 spiro atoms. The molecule has 114 valence electrons. The quantitative estimate of drug-likeness (QED) is 0.474. The van der Waals surface area contributed by atoms with Crippen LogP contribution in [0.15, 0.2) is 18.2 Å². The van der Waals surface area contributed by atoms with Crippen LogP contribution in [0, 0.1) is 16.0 Å². The lowest BCUT2D eigenvalue weighted by Gasteiger charge is -2.09. The van der Waals surface area contributed by atoms with Crippen LogP contribution in [-0.2, 0) is 4.79 Å². The van der Waals surface area contributed by atoms with Crippen molar-refractivity contribution in [3.63, 3.8) is 0 Å². The molecule has 0 radical (unpaired) electrons. The van der Waals surface area contributed by atoms with Crippen molar-refractivity contribution in [2.45, 2.75) is 13.8 Å². The van der Waals surface area contributed by atoms with E-state index in [2.05, 4.69) is 10.6 Å². The molecular weight excluding hydrogens is 298 g/mol. The van der Waals surface area contributed by atoms with E-state index in [0.29, 0.717) is 0 Å². The van der Waals surface area contributed by atoms with Crippen molar-refractivity contribution < 1.29 is 14.5 Å². The fourth-order valence-electron chi connectivity index (χ4n) is 1.51. The van der Waals surface area contributed by atoms with Gasteiger partial charge in [-0.25, -0.2) is 0 Å². The molecule has 8 heteroatoms. The number of rotatable bonds is 6. The van der Waals surface area contributed by atoms with E-state index in [-0.39, 0.29) is 41.2 Å². The van der Waals surface area contributed by atoms with Crippen LogP contribution in [0.1, 0.15) is 24.2 Å². The van der Waals surface area contributed by atoms with Crippen LogP contribution >= 0.6 is 11.6 Å². The lowest BCUT2D eigenvalue weighted by atomic mass is 10.1. The average molecular weight is 314 g/mol. The maximum Gasteiger partial charge on any atom is 0.283 e. The summed E-state index contributed by atoms with van der Waals surface area (Å²) < 4.78 is 0.